The van der Waals surface area contributed by atoms with Crippen LogP contribution < -0.4 is 10.5 Å². The Bertz CT molecular complexity index is 448. The first-order valence-corrected chi connectivity index (χ1v) is 8.09. The van der Waals surface area contributed by atoms with Crippen LogP contribution in [0, 0.1) is 3.57 Å². The van der Waals surface area contributed by atoms with Crippen molar-refractivity contribution in [2.24, 2.45) is 5.73 Å². The number of piperidine rings is 1. The minimum Gasteiger partial charge on any atom is -0.484 e. The summed E-state index contributed by atoms with van der Waals surface area (Å²) in [5.41, 5.74) is 5.98. The van der Waals surface area contributed by atoms with Crippen molar-refractivity contribution in [3.8, 4) is 5.75 Å². The van der Waals surface area contributed by atoms with Crippen LogP contribution in [0.25, 0.3) is 0 Å². The Morgan fingerprint density at radius 1 is 1.45 bits per heavy atom. The van der Waals surface area contributed by atoms with E-state index in [1.54, 1.807) is 0 Å². The second kappa shape index (κ2) is 7.26. The zero-order valence-corrected chi connectivity index (χ0v) is 13.9. The average Bonchev–Trinajstić information content (AvgIpc) is 2.46. The Labute approximate surface area is 133 Å². The number of rotatable bonds is 4. The van der Waals surface area contributed by atoms with E-state index in [4.69, 9.17) is 10.5 Å². The quantitative estimate of drug-likeness (QED) is 0.807. The number of likely N-dealkylation sites (tertiary alicyclic amines) is 1. The average molecular weight is 388 g/mol. The lowest BCUT2D eigenvalue weighted by Gasteiger charge is -2.38. The zero-order valence-electron chi connectivity index (χ0n) is 11.7. The highest BCUT2D eigenvalue weighted by molar-refractivity contribution is 14.1. The van der Waals surface area contributed by atoms with Gasteiger partial charge in [0, 0.05) is 22.2 Å². The number of nitrogens with two attached hydrogens (primary N) is 1. The Kier molecular flexibility index (Phi) is 5.65. The highest BCUT2D eigenvalue weighted by Crippen LogP contribution is 2.20. The fourth-order valence-corrected chi connectivity index (χ4v) is 2.93. The maximum atomic E-state index is 12.3. The SMILES string of the molecule is CC(N)C1CCCCN1C(=O)COc1ccc(I)cc1. The van der Waals surface area contributed by atoms with E-state index in [0.29, 0.717) is 0 Å². The highest BCUT2D eigenvalue weighted by Gasteiger charge is 2.29. The topological polar surface area (TPSA) is 55.6 Å². The molecule has 4 nitrogen and oxygen atoms in total. The van der Waals surface area contributed by atoms with Crippen LogP contribution in [0.2, 0.25) is 0 Å². The number of halogens is 1. The molecule has 20 heavy (non-hydrogen) atoms. The fourth-order valence-electron chi connectivity index (χ4n) is 2.57. The van der Waals surface area contributed by atoms with Crippen LogP contribution in [-0.4, -0.2) is 36.0 Å². The number of hydrogen-bond donors (Lipinski definition) is 1. The summed E-state index contributed by atoms with van der Waals surface area (Å²) in [5, 5.41) is 0. The summed E-state index contributed by atoms with van der Waals surface area (Å²) in [4.78, 5) is 14.2. The van der Waals surface area contributed by atoms with Gasteiger partial charge < -0.3 is 15.4 Å². The van der Waals surface area contributed by atoms with Crippen LogP contribution in [0.1, 0.15) is 26.2 Å². The summed E-state index contributed by atoms with van der Waals surface area (Å²) < 4.78 is 6.72. The third kappa shape index (κ3) is 4.09. The van der Waals surface area contributed by atoms with Gasteiger partial charge in [-0.15, -0.1) is 0 Å². The molecular formula is C15H21IN2O2. The van der Waals surface area contributed by atoms with E-state index in [1.807, 2.05) is 36.1 Å². The lowest BCUT2D eigenvalue weighted by Crippen LogP contribution is -2.52. The van der Waals surface area contributed by atoms with Crippen LogP contribution in [-0.2, 0) is 4.79 Å². The maximum absolute atomic E-state index is 12.3. The van der Waals surface area contributed by atoms with E-state index in [0.717, 1.165) is 35.1 Å². The minimum absolute atomic E-state index is 0.0116. The number of hydrogen-bond acceptors (Lipinski definition) is 3. The van der Waals surface area contributed by atoms with Gasteiger partial charge in [-0.1, -0.05) is 0 Å². The normalized spacial score (nSPS) is 20.6. The number of benzene rings is 1. The molecule has 110 valence electrons. The van der Waals surface area contributed by atoms with Crippen molar-refractivity contribution in [3.63, 3.8) is 0 Å². The first kappa shape index (κ1) is 15.6. The molecule has 1 aromatic carbocycles. The molecule has 0 spiro atoms. The molecular weight excluding hydrogens is 367 g/mol. The van der Waals surface area contributed by atoms with Gasteiger partial charge in [-0.25, -0.2) is 0 Å². The van der Waals surface area contributed by atoms with Gasteiger partial charge in [0.1, 0.15) is 5.75 Å². The van der Waals surface area contributed by atoms with Crippen LogP contribution in [0.15, 0.2) is 24.3 Å². The molecule has 5 heteroatoms. The first-order chi connectivity index (χ1) is 9.58. The predicted molar refractivity (Wildman–Crippen MR) is 87.7 cm³/mol. The molecule has 2 rings (SSSR count). The van der Waals surface area contributed by atoms with Gasteiger partial charge in [0.25, 0.3) is 5.91 Å². The van der Waals surface area contributed by atoms with Gasteiger partial charge in [0.05, 0.1) is 0 Å². The van der Waals surface area contributed by atoms with Crippen molar-refractivity contribution in [1.82, 2.24) is 4.90 Å². The summed E-state index contributed by atoms with van der Waals surface area (Å²) >= 11 is 2.24. The molecule has 2 unspecified atom stereocenters. The van der Waals surface area contributed by atoms with Gasteiger partial charge in [-0.2, -0.15) is 0 Å². The predicted octanol–water partition coefficient (Wildman–Crippen LogP) is 2.40. The molecule has 1 aromatic rings. The van der Waals surface area contributed by atoms with E-state index in [1.165, 1.54) is 0 Å². The number of carbonyl (C=O) groups excluding carboxylic acids is 1. The molecule has 1 saturated heterocycles. The van der Waals surface area contributed by atoms with Crippen LogP contribution >= 0.6 is 22.6 Å². The molecule has 1 aliphatic heterocycles. The zero-order chi connectivity index (χ0) is 14.5. The van der Waals surface area contributed by atoms with E-state index in [2.05, 4.69) is 22.6 Å². The molecule has 0 saturated carbocycles. The molecule has 1 heterocycles. The largest absolute Gasteiger partial charge is 0.484 e. The Morgan fingerprint density at radius 3 is 2.80 bits per heavy atom. The van der Waals surface area contributed by atoms with Gasteiger partial charge in [-0.05, 0) is 73.0 Å². The molecule has 0 aromatic heterocycles. The van der Waals surface area contributed by atoms with Crippen molar-refractivity contribution in [3.05, 3.63) is 27.8 Å². The van der Waals surface area contributed by atoms with E-state index >= 15 is 0 Å². The van der Waals surface area contributed by atoms with Gasteiger partial charge in [0.15, 0.2) is 6.61 Å². The van der Waals surface area contributed by atoms with E-state index in [9.17, 15) is 4.79 Å². The molecule has 1 fully saturated rings. The van der Waals surface area contributed by atoms with E-state index < -0.39 is 0 Å². The Hall–Kier alpha value is -0.820. The maximum Gasteiger partial charge on any atom is 0.260 e. The van der Waals surface area contributed by atoms with Gasteiger partial charge in [-0.3, -0.25) is 4.79 Å². The lowest BCUT2D eigenvalue weighted by atomic mass is 9.97. The van der Waals surface area contributed by atoms with Crippen molar-refractivity contribution >= 4 is 28.5 Å². The van der Waals surface area contributed by atoms with Gasteiger partial charge >= 0.3 is 0 Å². The third-order valence-electron chi connectivity index (χ3n) is 3.65. The highest BCUT2D eigenvalue weighted by atomic mass is 127. The van der Waals surface area contributed by atoms with Crippen molar-refractivity contribution in [1.29, 1.82) is 0 Å². The fraction of sp³-hybridized carbons (Fsp3) is 0.533. The third-order valence-corrected chi connectivity index (χ3v) is 4.37. The number of ether oxygens (including phenoxy) is 1. The minimum atomic E-state index is 0.0116. The van der Waals surface area contributed by atoms with Crippen molar-refractivity contribution in [2.75, 3.05) is 13.2 Å². The summed E-state index contributed by atoms with van der Waals surface area (Å²) in [5.74, 6) is 0.763. The number of amides is 1. The number of carbonyl (C=O) groups is 1. The van der Waals surface area contributed by atoms with Crippen LogP contribution in [0.5, 0.6) is 5.75 Å². The molecule has 0 radical (unpaired) electrons. The first-order valence-electron chi connectivity index (χ1n) is 7.01. The smallest absolute Gasteiger partial charge is 0.260 e. The molecule has 0 bridgehead atoms. The van der Waals surface area contributed by atoms with Gasteiger partial charge in [0.2, 0.25) is 0 Å². The van der Waals surface area contributed by atoms with Crippen LogP contribution in [0.3, 0.4) is 0 Å². The molecule has 1 amide bonds. The number of nitrogens with zero attached hydrogens (tertiary/aromatic N) is 1. The molecule has 2 atom stereocenters. The Balaban J connectivity index is 1.91. The summed E-state index contributed by atoms with van der Waals surface area (Å²) in [6.45, 7) is 2.85. The summed E-state index contributed by atoms with van der Waals surface area (Å²) in [7, 11) is 0. The molecule has 2 N–H and O–H groups in total. The molecule has 1 aliphatic rings. The van der Waals surface area contributed by atoms with Crippen LogP contribution in [0.4, 0.5) is 0 Å². The second-order valence-corrected chi connectivity index (χ2v) is 6.50. The second-order valence-electron chi connectivity index (χ2n) is 5.25. The standard InChI is InChI=1S/C15H21IN2O2/c1-11(17)14-4-2-3-9-18(14)15(19)10-20-13-7-5-12(16)6-8-13/h5-8,11,14H,2-4,9-10,17H2,1H3. The van der Waals surface area contributed by atoms with E-state index in [-0.39, 0.29) is 24.6 Å². The van der Waals surface area contributed by atoms with Crippen molar-refractivity contribution in [2.45, 2.75) is 38.3 Å². The lowest BCUT2D eigenvalue weighted by molar-refractivity contribution is -0.137. The summed E-state index contributed by atoms with van der Waals surface area (Å²) in [6.07, 6.45) is 3.19. The van der Waals surface area contributed by atoms with Crippen molar-refractivity contribution < 1.29 is 9.53 Å². The molecule has 0 aliphatic carbocycles. The summed E-state index contributed by atoms with van der Waals surface area (Å²) in [6, 6.07) is 7.86. The Morgan fingerprint density at radius 2 is 2.15 bits per heavy atom. The monoisotopic (exact) mass is 388 g/mol.